The Morgan fingerprint density at radius 2 is 2.10 bits per heavy atom. The average Bonchev–Trinajstić information content (AvgIpc) is 2.48. The van der Waals surface area contributed by atoms with Crippen LogP contribution in [-0.4, -0.2) is 12.4 Å². The van der Waals surface area contributed by atoms with E-state index >= 15 is 0 Å². The highest BCUT2D eigenvalue weighted by atomic mass is 79.9. The number of hydrogen-bond acceptors (Lipinski definition) is 2. The summed E-state index contributed by atoms with van der Waals surface area (Å²) in [6.07, 6.45) is 0.890. The van der Waals surface area contributed by atoms with Crippen molar-refractivity contribution in [2.45, 2.75) is 13.3 Å². The number of carbonyl (C=O) groups excluding carboxylic acids is 1. The van der Waals surface area contributed by atoms with Crippen molar-refractivity contribution in [3.63, 3.8) is 0 Å². The molecule has 0 aromatic heterocycles. The molecule has 2 aromatic carbocycles. The van der Waals surface area contributed by atoms with E-state index < -0.39 is 11.6 Å². The van der Waals surface area contributed by atoms with Crippen LogP contribution in [0.25, 0.3) is 0 Å². The van der Waals surface area contributed by atoms with Gasteiger partial charge in [0.1, 0.15) is 5.75 Å². The van der Waals surface area contributed by atoms with Crippen LogP contribution in [0.2, 0.25) is 5.02 Å². The molecule has 2 rings (SSSR count). The molecule has 0 N–H and O–H groups in total. The van der Waals surface area contributed by atoms with E-state index in [2.05, 4.69) is 15.9 Å². The highest BCUT2D eigenvalue weighted by molar-refractivity contribution is 9.10. The zero-order chi connectivity index (χ0) is 15.4. The molecule has 5 heteroatoms. The van der Waals surface area contributed by atoms with Gasteiger partial charge in [-0.25, -0.2) is 4.39 Å². The van der Waals surface area contributed by atoms with Crippen molar-refractivity contribution in [2.75, 3.05) is 6.61 Å². The van der Waals surface area contributed by atoms with Crippen LogP contribution < -0.4 is 4.74 Å². The molecular weight excluding hydrogens is 359 g/mol. The summed E-state index contributed by atoms with van der Waals surface area (Å²) in [4.78, 5) is 12.3. The molecule has 0 unspecified atom stereocenters. The summed E-state index contributed by atoms with van der Waals surface area (Å²) >= 11 is 9.06. The number of ether oxygens (including phenoxy) is 1. The van der Waals surface area contributed by atoms with Crippen molar-refractivity contribution in [1.29, 1.82) is 0 Å². The number of hydrogen-bond donors (Lipinski definition) is 0. The Kier molecular flexibility index (Phi) is 5.37. The molecule has 2 nitrogen and oxygen atoms in total. The van der Waals surface area contributed by atoms with Crippen LogP contribution in [0.3, 0.4) is 0 Å². The van der Waals surface area contributed by atoms with E-state index in [4.69, 9.17) is 16.3 Å². The van der Waals surface area contributed by atoms with E-state index in [9.17, 15) is 9.18 Å². The third kappa shape index (κ3) is 3.63. The first kappa shape index (κ1) is 16.0. The molecule has 0 spiro atoms. The predicted molar refractivity (Wildman–Crippen MR) is 84.8 cm³/mol. The minimum atomic E-state index is -0.702. The summed E-state index contributed by atoms with van der Waals surface area (Å²) in [7, 11) is 0. The van der Waals surface area contributed by atoms with Crippen LogP contribution >= 0.6 is 27.5 Å². The first-order valence-electron chi connectivity index (χ1n) is 6.45. The van der Waals surface area contributed by atoms with Gasteiger partial charge >= 0.3 is 0 Å². The lowest BCUT2D eigenvalue weighted by Crippen LogP contribution is -2.05. The molecule has 0 saturated carbocycles. The molecule has 0 atom stereocenters. The quantitative estimate of drug-likeness (QED) is 0.670. The van der Waals surface area contributed by atoms with Crippen LogP contribution in [0.1, 0.15) is 29.3 Å². The van der Waals surface area contributed by atoms with Gasteiger partial charge in [0, 0.05) is 5.56 Å². The van der Waals surface area contributed by atoms with E-state index in [1.807, 2.05) is 6.92 Å². The minimum Gasteiger partial charge on any atom is -0.492 e. The first-order chi connectivity index (χ1) is 10.0. The molecule has 110 valence electrons. The summed E-state index contributed by atoms with van der Waals surface area (Å²) in [6, 6.07) is 9.29. The zero-order valence-electron chi connectivity index (χ0n) is 11.3. The third-order valence-electron chi connectivity index (χ3n) is 2.85. The minimum absolute atomic E-state index is 0.0448. The van der Waals surface area contributed by atoms with Gasteiger partial charge in [0.25, 0.3) is 0 Å². The average molecular weight is 372 g/mol. The summed E-state index contributed by atoms with van der Waals surface area (Å²) in [5, 5.41) is -0.0668. The SMILES string of the molecule is CCCOc1ccc(C(=O)c2cccc(Cl)c2F)cc1Br. The molecule has 0 aliphatic carbocycles. The Balaban J connectivity index is 2.32. The number of benzene rings is 2. The van der Waals surface area contributed by atoms with Gasteiger partial charge in [0.15, 0.2) is 11.6 Å². The Morgan fingerprint density at radius 1 is 1.33 bits per heavy atom. The molecule has 0 fully saturated rings. The van der Waals surface area contributed by atoms with Gasteiger partial charge < -0.3 is 4.74 Å². The van der Waals surface area contributed by atoms with E-state index in [-0.39, 0.29) is 10.6 Å². The fourth-order valence-electron chi connectivity index (χ4n) is 1.81. The van der Waals surface area contributed by atoms with Gasteiger partial charge in [-0.2, -0.15) is 0 Å². The molecule has 0 aliphatic heterocycles. The standard InChI is InChI=1S/C16H13BrClFO2/c1-2-8-21-14-7-6-10(9-12(14)17)16(20)11-4-3-5-13(18)15(11)19/h3-7,9H,2,8H2,1H3. The Hall–Kier alpha value is -1.39. The first-order valence-corrected chi connectivity index (χ1v) is 7.62. The lowest BCUT2D eigenvalue weighted by molar-refractivity contribution is 0.103. The lowest BCUT2D eigenvalue weighted by Gasteiger charge is -2.09. The van der Waals surface area contributed by atoms with Gasteiger partial charge in [0.05, 0.1) is 21.7 Å². The van der Waals surface area contributed by atoms with E-state index in [0.29, 0.717) is 22.4 Å². The Labute approximate surface area is 136 Å². The Morgan fingerprint density at radius 3 is 2.76 bits per heavy atom. The second-order valence-corrected chi connectivity index (χ2v) is 5.69. The van der Waals surface area contributed by atoms with Crippen LogP contribution in [0.5, 0.6) is 5.75 Å². The van der Waals surface area contributed by atoms with Crippen molar-refractivity contribution < 1.29 is 13.9 Å². The third-order valence-corrected chi connectivity index (χ3v) is 3.76. The highest BCUT2D eigenvalue weighted by Gasteiger charge is 2.17. The summed E-state index contributed by atoms with van der Waals surface area (Å²) < 4.78 is 20.1. The van der Waals surface area contributed by atoms with Gasteiger partial charge in [-0.05, 0) is 52.7 Å². The predicted octanol–water partition coefficient (Wildman–Crippen LogP) is 5.26. The molecule has 2 aromatic rings. The van der Waals surface area contributed by atoms with Crippen molar-refractivity contribution >= 4 is 33.3 Å². The molecule has 0 heterocycles. The summed E-state index contributed by atoms with van der Waals surface area (Å²) in [6.45, 7) is 2.60. The number of halogens is 3. The number of ketones is 1. The summed E-state index contributed by atoms with van der Waals surface area (Å²) in [5.74, 6) is -0.468. The fourth-order valence-corrected chi connectivity index (χ4v) is 2.47. The van der Waals surface area contributed by atoms with Crippen molar-refractivity contribution in [3.8, 4) is 5.75 Å². The van der Waals surface area contributed by atoms with Gasteiger partial charge in [-0.1, -0.05) is 24.6 Å². The van der Waals surface area contributed by atoms with Crippen LogP contribution in [0.15, 0.2) is 40.9 Å². The maximum atomic E-state index is 13.9. The fraction of sp³-hybridized carbons (Fsp3) is 0.188. The monoisotopic (exact) mass is 370 g/mol. The zero-order valence-corrected chi connectivity index (χ0v) is 13.7. The Bertz CT molecular complexity index is 673. The van der Waals surface area contributed by atoms with E-state index in [0.717, 1.165) is 6.42 Å². The number of rotatable bonds is 5. The molecule has 21 heavy (non-hydrogen) atoms. The van der Waals surface area contributed by atoms with Crippen LogP contribution in [-0.2, 0) is 0 Å². The maximum Gasteiger partial charge on any atom is 0.196 e. The molecule has 0 aliphatic rings. The van der Waals surface area contributed by atoms with E-state index in [1.54, 1.807) is 24.3 Å². The summed E-state index contributed by atoms with van der Waals surface area (Å²) in [5.41, 5.74) is 0.323. The van der Waals surface area contributed by atoms with Crippen LogP contribution in [0, 0.1) is 5.82 Å². The molecule has 0 radical (unpaired) electrons. The second-order valence-electron chi connectivity index (χ2n) is 4.42. The van der Waals surface area contributed by atoms with E-state index in [1.165, 1.54) is 12.1 Å². The van der Waals surface area contributed by atoms with Gasteiger partial charge in [-0.15, -0.1) is 0 Å². The van der Waals surface area contributed by atoms with Crippen molar-refractivity contribution in [2.24, 2.45) is 0 Å². The molecular formula is C16H13BrClFO2. The topological polar surface area (TPSA) is 26.3 Å². The molecule has 0 saturated heterocycles. The van der Waals surface area contributed by atoms with Crippen LogP contribution in [0.4, 0.5) is 4.39 Å². The molecule has 0 amide bonds. The second kappa shape index (κ2) is 7.05. The number of carbonyl (C=O) groups is 1. The highest BCUT2D eigenvalue weighted by Crippen LogP contribution is 2.28. The largest absolute Gasteiger partial charge is 0.492 e. The molecule has 0 bridgehead atoms. The van der Waals surface area contributed by atoms with Gasteiger partial charge in [-0.3, -0.25) is 4.79 Å². The van der Waals surface area contributed by atoms with Crippen molar-refractivity contribution in [1.82, 2.24) is 0 Å². The van der Waals surface area contributed by atoms with Crippen molar-refractivity contribution in [3.05, 3.63) is 62.8 Å². The normalized spacial score (nSPS) is 10.5. The van der Waals surface area contributed by atoms with Gasteiger partial charge in [0.2, 0.25) is 0 Å². The maximum absolute atomic E-state index is 13.9. The smallest absolute Gasteiger partial charge is 0.196 e. The lowest BCUT2D eigenvalue weighted by atomic mass is 10.0.